The van der Waals surface area contributed by atoms with Crippen molar-refractivity contribution in [3.05, 3.63) is 59.1 Å². The van der Waals surface area contributed by atoms with Crippen LogP contribution in [0.1, 0.15) is 56.1 Å². The highest BCUT2D eigenvalue weighted by atomic mass is 19.1. The van der Waals surface area contributed by atoms with Crippen LogP contribution < -0.4 is 10.1 Å². The van der Waals surface area contributed by atoms with E-state index in [4.69, 9.17) is 4.74 Å². The molecule has 1 heterocycles. The Bertz CT molecular complexity index is 1180. The predicted octanol–water partition coefficient (Wildman–Crippen LogP) is 4.75. The first kappa shape index (κ1) is 23.5. The Morgan fingerprint density at radius 1 is 1.29 bits per heavy atom. The number of allylic oxidation sites excluding steroid dienone is 1. The number of methoxy groups -OCH3 is 1. The molecule has 3 aliphatic carbocycles. The van der Waals surface area contributed by atoms with Crippen LogP contribution in [0.2, 0.25) is 0 Å². The minimum atomic E-state index is -0.580. The van der Waals surface area contributed by atoms with Crippen molar-refractivity contribution in [2.24, 2.45) is 23.2 Å². The van der Waals surface area contributed by atoms with E-state index in [1.165, 1.54) is 13.2 Å². The Kier molecular flexibility index (Phi) is 6.07. The minimum absolute atomic E-state index is 0.00264. The molecular weight excluding hydrogens is 449 g/mol. The number of hydrogen-bond acceptors (Lipinski definition) is 6. The van der Waals surface area contributed by atoms with Gasteiger partial charge in [-0.2, -0.15) is 0 Å². The van der Waals surface area contributed by atoms with Gasteiger partial charge >= 0.3 is 0 Å². The van der Waals surface area contributed by atoms with E-state index in [0.717, 1.165) is 30.2 Å². The fourth-order valence-corrected chi connectivity index (χ4v) is 7.00. The third-order valence-corrected chi connectivity index (χ3v) is 8.52. The zero-order valence-electron chi connectivity index (χ0n) is 20.0. The average molecular weight is 480 g/mol. The standard InChI is InChI=1S/C27H30FN3O4/c1-27-13-12-16-15-4-3-5-21(28)17(15)6-7-18(16)25(27)19(20(14-32)26(27)34)8-10-23(33)29-22-9-11-24(35-2)31-30-22/h3-5,9,11,14,16,18-19,25,32H,6-8,10,12-13H2,1-2H3,(H,29,30,33)/b20-14-/t16?,18?,19-,25?,27+/m1/s1. The number of carbonyl (C=O) groups excluding carboxylic acids is 2. The van der Waals surface area contributed by atoms with E-state index in [-0.39, 0.29) is 47.6 Å². The Morgan fingerprint density at radius 2 is 2.11 bits per heavy atom. The lowest BCUT2D eigenvalue weighted by Gasteiger charge is -2.49. The van der Waals surface area contributed by atoms with Crippen LogP contribution in [0.4, 0.5) is 10.2 Å². The molecule has 0 saturated heterocycles. The highest BCUT2D eigenvalue weighted by Gasteiger charge is 2.60. The molecule has 1 amide bonds. The number of carbonyl (C=O) groups is 2. The maximum Gasteiger partial charge on any atom is 0.233 e. The minimum Gasteiger partial charge on any atom is -0.515 e. The summed E-state index contributed by atoms with van der Waals surface area (Å²) in [4.78, 5) is 26.2. The number of nitrogens with zero attached hydrogens (tertiary/aromatic N) is 2. The molecule has 7 nitrogen and oxygen atoms in total. The lowest BCUT2D eigenvalue weighted by molar-refractivity contribution is -0.127. The number of nitrogens with one attached hydrogen (secondary N) is 1. The Balaban J connectivity index is 1.37. The first-order valence-electron chi connectivity index (χ1n) is 12.2. The number of ketones is 1. The summed E-state index contributed by atoms with van der Waals surface area (Å²) in [7, 11) is 1.49. The summed E-state index contributed by atoms with van der Waals surface area (Å²) in [6, 6.07) is 8.54. The molecule has 8 heteroatoms. The van der Waals surface area contributed by atoms with E-state index in [0.29, 0.717) is 36.5 Å². The number of hydrogen-bond donors (Lipinski definition) is 2. The lowest BCUT2D eigenvalue weighted by Crippen LogP contribution is -2.44. The van der Waals surface area contributed by atoms with Crippen LogP contribution in [0.3, 0.4) is 0 Å². The van der Waals surface area contributed by atoms with Gasteiger partial charge in [0.1, 0.15) is 5.82 Å². The number of anilines is 1. The molecule has 1 aromatic heterocycles. The number of rotatable bonds is 5. The summed E-state index contributed by atoms with van der Waals surface area (Å²) in [5.41, 5.74) is 1.70. The fraction of sp³-hybridized carbons (Fsp3) is 0.481. The number of Topliss-reactive ketones (excluding diaryl/α,β-unsaturated/α-hetero) is 1. The summed E-state index contributed by atoms with van der Waals surface area (Å²) in [6.45, 7) is 2.01. The number of aromatic nitrogens is 2. The number of fused-ring (bicyclic) bond motifs is 5. The molecule has 3 unspecified atom stereocenters. The van der Waals surface area contributed by atoms with Crippen molar-refractivity contribution in [3.8, 4) is 5.88 Å². The third kappa shape index (κ3) is 3.89. The van der Waals surface area contributed by atoms with E-state index in [1.54, 1.807) is 18.2 Å². The van der Waals surface area contributed by atoms with Crippen molar-refractivity contribution in [1.29, 1.82) is 0 Å². The van der Waals surface area contributed by atoms with Gasteiger partial charge < -0.3 is 15.2 Å². The van der Waals surface area contributed by atoms with Crippen LogP contribution in [0, 0.1) is 29.0 Å². The van der Waals surface area contributed by atoms with Crippen molar-refractivity contribution in [2.45, 2.75) is 51.4 Å². The number of halogens is 1. The number of aliphatic hydroxyl groups excluding tert-OH is 1. The normalized spacial score (nSPS) is 30.4. The summed E-state index contributed by atoms with van der Waals surface area (Å²) < 4.78 is 19.5. The molecule has 3 aliphatic rings. The van der Waals surface area contributed by atoms with Gasteiger partial charge in [-0.3, -0.25) is 9.59 Å². The molecule has 0 spiro atoms. The molecule has 0 aliphatic heterocycles. The Labute approximate surface area is 203 Å². The number of ether oxygens (including phenoxy) is 1. The highest BCUT2D eigenvalue weighted by Crippen LogP contribution is 2.63. The van der Waals surface area contributed by atoms with E-state index in [9.17, 15) is 19.1 Å². The van der Waals surface area contributed by atoms with E-state index in [1.807, 2.05) is 13.0 Å². The Hall–Kier alpha value is -3.29. The van der Waals surface area contributed by atoms with E-state index < -0.39 is 5.41 Å². The number of amides is 1. The molecule has 1 aromatic carbocycles. The molecule has 2 fully saturated rings. The number of aliphatic hydroxyl groups is 1. The van der Waals surface area contributed by atoms with Gasteiger partial charge in [-0.15, -0.1) is 10.2 Å². The maximum atomic E-state index is 14.5. The van der Waals surface area contributed by atoms with Gasteiger partial charge in [-0.1, -0.05) is 19.1 Å². The van der Waals surface area contributed by atoms with Gasteiger partial charge in [-0.25, -0.2) is 4.39 Å². The maximum absolute atomic E-state index is 14.5. The van der Waals surface area contributed by atoms with Crippen LogP contribution in [0.25, 0.3) is 0 Å². The molecule has 5 rings (SSSR count). The van der Waals surface area contributed by atoms with Crippen LogP contribution >= 0.6 is 0 Å². The predicted molar refractivity (Wildman–Crippen MR) is 127 cm³/mol. The second kappa shape index (κ2) is 9.06. The van der Waals surface area contributed by atoms with Gasteiger partial charge in [-0.05, 0) is 79.0 Å². The van der Waals surface area contributed by atoms with E-state index >= 15 is 0 Å². The zero-order valence-corrected chi connectivity index (χ0v) is 20.0. The highest BCUT2D eigenvalue weighted by molar-refractivity contribution is 6.03. The fourth-order valence-electron chi connectivity index (χ4n) is 7.00. The van der Waals surface area contributed by atoms with Gasteiger partial charge in [0.2, 0.25) is 11.8 Å². The summed E-state index contributed by atoms with van der Waals surface area (Å²) in [5.74, 6) is 0.434. The van der Waals surface area contributed by atoms with Crippen molar-refractivity contribution in [2.75, 3.05) is 12.4 Å². The smallest absolute Gasteiger partial charge is 0.233 e. The van der Waals surface area contributed by atoms with Crippen LogP contribution in [-0.2, 0) is 16.0 Å². The molecule has 0 radical (unpaired) electrons. The van der Waals surface area contributed by atoms with Crippen molar-refractivity contribution >= 4 is 17.5 Å². The van der Waals surface area contributed by atoms with Crippen LogP contribution in [-0.4, -0.2) is 34.1 Å². The lowest BCUT2D eigenvalue weighted by atomic mass is 9.54. The number of benzene rings is 1. The summed E-state index contributed by atoms with van der Waals surface area (Å²) >= 11 is 0. The topological polar surface area (TPSA) is 101 Å². The van der Waals surface area contributed by atoms with Crippen LogP contribution in [0.5, 0.6) is 5.88 Å². The quantitative estimate of drug-likeness (QED) is 0.474. The zero-order chi connectivity index (χ0) is 24.7. The van der Waals surface area contributed by atoms with Gasteiger partial charge in [0.15, 0.2) is 11.6 Å². The molecular formula is C27H30FN3O4. The third-order valence-electron chi connectivity index (χ3n) is 8.52. The van der Waals surface area contributed by atoms with Crippen LogP contribution in [0.15, 0.2) is 42.2 Å². The average Bonchev–Trinajstić information content (AvgIpc) is 3.09. The molecule has 0 bridgehead atoms. The SMILES string of the molecule is COc1ccc(NC(=O)CC[C@@H]2/C(=C/O)C(=O)[C@@]3(C)CCC4c5cccc(F)c5CCC4C23)nn1. The van der Waals surface area contributed by atoms with Crippen molar-refractivity contribution in [1.82, 2.24) is 10.2 Å². The summed E-state index contributed by atoms with van der Waals surface area (Å²) in [6.07, 6.45) is 4.53. The molecule has 5 atom stereocenters. The van der Waals surface area contributed by atoms with Gasteiger partial charge in [0, 0.05) is 23.5 Å². The second-order valence-corrected chi connectivity index (χ2v) is 10.2. The van der Waals surface area contributed by atoms with Crippen molar-refractivity contribution in [3.63, 3.8) is 0 Å². The molecule has 2 aromatic rings. The molecule has 184 valence electrons. The first-order valence-corrected chi connectivity index (χ1v) is 12.2. The Morgan fingerprint density at radius 3 is 2.83 bits per heavy atom. The first-order chi connectivity index (χ1) is 16.9. The molecule has 2 N–H and O–H groups in total. The monoisotopic (exact) mass is 479 g/mol. The molecule has 2 saturated carbocycles. The molecule has 35 heavy (non-hydrogen) atoms. The van der Waals surface area contributed by atoms with E-state index in [2.05, 4.69) is 15.5 Å². The largest absolute Gasteiger partial charge is 0.515 e. The van der Waals surface area contributed by atoms with Crippen molar-refractivity contribution < 1.29 is 23.8 Å². The summed E-state index contributed by atoms with van der Waals surface area (Å²) in [5, 5.41) is 20.6. The van der Waals surface area contributed by atoms with Gasteiger partial charge in [0.05, 0.1) is 13.4 Å². The second-order valence-electron chi connectivity index (χ2n) is 10.2. The van der Waals surface area contributed by atoms with Gasteiger partial charge in [0.25, 0.3) is 0 Å².